The number of carbonyl (C=O) groups excluding carboxylic acids is 2. The molecule has 0 aromatic carbocycles. The Bertz CT molecular complexity index is 343. The monoisotopic (exact) mass is 344 g/mol. The van der Waals surface area contributed by atoms with Crippen LogP contribution in [0.5, 0.6) is 0 Å². The Labute approximate surface area is 146 Å². The molecular weight excluding hydrogens is 308 g/mol. The Kier molecular flexibility index (Phi) is 13.8. The van der Waals surface area contributed by atoms with Crippen LogP contribution in [0.15, 0.2) is 0 Å². The van der Waals surface area contributed by atoms with Crippen molar-refractivity contribution in [3.05, 3.63) is 0 Å². The lowest BCUT2D eigenvalue weighted by Crippen LogP contribution is -2.44. The first-order chi connectivity index (χ1) is 11.5. The molecule has 0 bridgehead atoms. The lowest BCUT2D eigenvalue weighted by atomic mass is 9.97. The highest BCUT2D eigenvalue weighted by atomic mass is 16.6. The molecule has 0 aliphatic rings. The Morgan fingerprint density at radius 2 is 1.33 bits per heavy atom. The maximum Gasteiger partial charge on any atom is 0.348 e. The molecule has 0 aliphatic carbocycles. The Hall–Kier alpha value is -0.940. The van der Waals surface area contributed by atoms with E-state index < -0.39 is 24.1 Å². The van der Waals surface area contributed by atoms with Crippen LogP contribution in [0, 0.1) is 0 Å². The van der Waals surface area contributed by atoms with Gasteiger partial charge in [-0.15, -0.1) is 0 Å². The lowest BCUT2D eigenvalue weighted by molar-refractivity contribution is -0.178. The van der Waals surface area contributed by atoms with Crippen molar-refractivity contribution in [2.24, 2.45) is 0 Å². The molecule has 0 aromatic heterocycles. The van der Waals surface area contributed by atoms with Gasteiger partial charge >= 0.3 is 11.9 Å². The molecule has 0 rings (SSSR count). The second kappa shape index (κ2) is 14.4. The van der Waals surface area contributed by atoms with Crippen molar-refractivity contribution in [1.82, 2.24) is 0 Å². The molecule has 0 amide bonds. The smallest absolute Gasteiger partial charge is 0.348 e. The zero-order chi connectivity index (χ0) is 18.3. The zero-order valence-corrected chi connectivity index (χ0v) is 15.5. The number of ether oxygens (including phenoxy) is 1. The molecule has 0 fully saturated rings. The Balaban J connectivity index is 3.97. The number of unbranched alkanes of at least 4 members (excludes halogenated alkanes) is 9. The first kappa shape index (κ1) is 23.1. The van der Waals surface area contributed by atoms with E-state index in [9.17, 15) is 19.8 Å². The molecule has 5 nitrogen and oxygen atoms in total. The van der Waals surface area contributed by atoms with E-state index in [0.29, 0.717) is 12.8 Å². The fraction of sp³-hybridized carbons (Fsp3) is 0.895. The van der Waals surface area contributed by atoms with Crippen LogP contribution in [-0.2, 0) is 14.3 Å². The van der Waals surface area contributed by atoms with Crippen LogP contribution in [0.2, 0.25) is 0 Å². The molecule has 24 heavy (non-hydrogen) atoms. The maximum atomic E-state index is 11.9. The molecule has 0 aromatic rings. The van der Waals surface area contributed by atoms with Crippen LogP contribution in [-0.4, -0.2) is 34.4 Å². The highest BCUT2D eigenvalue weighted by Gasteiger charge is 2.37. The second-order valence-corrected chi connectivity index (χ2v) is 6.63. The fourth-order valence-corrected chi connectivity index (χ4v) is 2.57. The van der Waals surface area contributed by atoms with E-state index in [4.69, 9.17) is 4.74 Å². The molecule has 0 aliphatic heterocycles. The van der Waals surface area contributed by atoms with Gasteiger partial charge < -0.3 is 14.9 Å². The van der Waals surface area contributed by atoms with Gasteiger partial charge in [-0.05, 0) is 19.3 Å². The fourth-order valence-electron chi connectivity index (χ4n) is 2.57. The van der Waals surface area contributed by atoms with Gasteiger partial charge in [-0.1, -0.05) is 71.6 Å². The molecule has 1 atom stereocenters. The summed E-state index contributed by atoms with van der Waals surface area (Å²) in [6, 6.07) is 0. The summed E-state index contributed by atoms with van der Waals surface area (Å²) in [6.45, 7) is 3.52. The van der Waals surface area contributed by atoms with Crippen molar-refractivity contribution >= 4 is 11.9 Å². The highest BCUT2D eigenvalue weighted by molar-refractivity contribution is 5.90. The number of aliphatic hydroxyl groups excluding tert-OH is 1. The number of carbonyl (C=O) groups is 2. The average molecular weight is 344 g/mol. The predicted octanol–water partition coefficient (Wildman–Crippen LogP) is 3.89. The maximum absolute atomic E-state index is 11.9. The van der Waals surface area contributed by atoms with Crippen molar-refractivity contribution < 1.29 is 24.5 Å². The number of rotatable bonds is 15. The normalized spacial score (nSPS) is 13.5. The van der Waals surface area contributed by atoms with Crippen LogP contribution in [0.25, 0.3) is 0 Å². The van der Waals surface area contributed by atoms with Gasteiger partial charge in [0, 0.05) is 6.42 Å². The van der Waals surface area contributed by atoms with E-state index in [1.807, 2.05) is 0 Å². The molecule has 1 unspecified atom stereocenters. The average Bonchev–Trinajstić information content (AvgIpc) is 2.57. The standard InChI is InChI=1S/C19H36O5/c1-3-5-7-9-10-11-12-14-17(21)24-18(22)19(23,16-20)15-13-8-6-4-2/h20,23H,3-16H2,1-2H3. The summed E-state index contributed by atoms with van der Waals surface area (Å²) in [4.78, 5) is 23.6. The van der Waals surface area contributed by atoms with Gasteiger partial charge in [0.05, 0.1) is 6.61 Å². The van der Waals surface area contributed by atoms with Crippen molar-refractivity contribution in [1.29, 1.82) is 0 Å². The summed E-state index contributed by atoms with van der Waals surface area (Å²) in [5.74, 6) is -1.64. The molecule has 0 saturated carbocycles. The molecular formula is C19H36O5. The van der Waals surface area contributed by atoms with E-state index in [0.717, 1.165) is 32.1 Å². The van der Waals surface area contributed by atoms with Crippen LogP contribution < -0.4 is 0 Å². The first-order valence-electron chi connectivity index (χ1n) is 9.58. The topological polar surface area (TPSA) is 83.8 Å². The number of esters is 2. The summed E-state index contributed by atoms with van der Waals surface area (Å²) in [6.07, 6.45) is 11.4. The predicted molar refractivity (Wildman–Crippen MR) is 94.5 cm³/mol. The van der Waals surface area contributed by atoms with Gasteiger partial charge in [-0.2, -0.15) is 0 Å². The Morgan fingerprint density at radius 1 is 0.833 bits per heavy atom. The van der Waals surface area contributed by atoms with Crippen molar-refractivity contribution in [3.63, 3.8) is 0 Å². The van der Waals surface area contributed by atoms with Crippen LogP contribution in [0.4, 0.5) is 0 Å². The van der Waals surface area contributed by atoms with Gasteiger partial charge in [-0.25, -0.2) is 4.79 Å². The minimum Gasteiger partial charge on any atom is -0.393 e. The van der Waals surface area contributed by atoms with Crippen LogP contribution in [0.1, 0.15) is 97.3 Å². The summed E-state index contributed by atoms with van der Waals surface area (Å²) >= 11 is 0. The van der Waals surface area contributed by atoms with Gasteiger partial charge in [0.15, 0.2) is 5.60 Å². The van der Waals surface area contributed by atoms with E-state index in [-0.39, 0.29) is 12.8 Å². The van der Waals surface area contributed by atoms with E-state index in [1.54, 1.807) is 0 Å². The number of aliphatic hydroxyl groups is 2. The lowest BCUT2D eigenvalue weighted by Gasteiger charge is -2.22. The third kappa shape index (κ3) is 10.8. The molecule has 5 heteroatoms. The number of hydrogen-bond acceptors (Lipinski definition) is 5. The molecule has 2 N–H and O–H groups in total. The van der Waals surface area contributed by atoms with Crippen molar-refractivity contribution in [2.75, 3.05) is 6.61 Å². The van der Waals surface area contributed by atoms with Crippen molar-refractivity contribution in [3.8, 4) is 0 Å². The molecule has 0 spiro atoms. The minimum atomic E-state index is -1.95. The van der Waals surface area contributed by atoms with Crippen LogP contribution in [0.3, 0.4) is 0 Å². The summed E-state index contributed by atoms with van der Waals surface area (Å²) in [5.41, 5.74) is -1.95. The quantitative estimate of drug-likeness (QED) is 0.267. The Morgan fingerprint density at radius 3 is 1.88 bits per heavy atom. The third-order valence-corrected chi connectivity index (χ3v) is 4.28. The van der Waals surface area contributed by atoms with Crippen LogP contribution >= 0.6 is 0 Å². The molecule has 0 saturated heterocycles. The highest BCUT2D eigenvalue weighted by Crippen LogP contribution is 2.18. The van der Waals surface area contributed by atoms with Gasteiger partial charge in [0.25, 0.3) is 0 Å². The summed E-state index contributed by atoms with van der Waals surface area (Å²) < 4.78 is 4.72. The summed E-state index contributed by atoms with van der Waals surface area (Å²) in [7, 11) is 0. The van der Waals surface area contributed by atoms with Gasteiger partial charge in [0.2, 0.25) is 0 Å². The second-order valence-electron chi connectivity index (χ2n) is 6.63. The molecule has 142 valence electrons. The van der Waals surface area contributed by atoms with Crippen molar-refractivity contribution in [2.45, 2.75) is 103 Å². The van der Waals surface area contributed by atoms with E-state index in [1.165, 1.54) is 25.7 Å². The van der Waals surface area contributed by atoms with Gasteiger partial charge in [0.1, 0.15) is 0 Å². The summed E-state index contributed by atoms with van der Waals surface area (Å²) in [5, 5.41) is 19.4. The van der Waals surface area contributed by atoms with E-state index in [2.05, 4.69) is 13.8 Å². The minimum absolute atomic E-state index is 0.118. The third-order valence-electron chi connectivity index (χ3n) is 4.28. The zero-order valence-electron chi connectivity index (χ0n) is 15.5. The van der Waals surface area contributed by atoms with E-state index >= 15 is 0 Å². The largest absolute Gasteiger partial charge is 0.393 e. The number of hydrogen-bond donors (Lipinski definition) is 2. The SMILES string of the molecule is CCCCCCCCCC(=O)OC(=O)C(O)(CO)CCCCCC. The molecule has 0 radical (unpaired) electrons. The first-order valence-corrected chi connectivity index (χ1v) is 9.58. The molecule has 0 heterocycles. The van der Waals surface area contributed by atoms with Gasteiger partial charge in [-0.3, -0.25) is 4.79 Å².